The molecule has 2 aliphatic heterocycles. The fraction of sp³-hybridized carbons (Fsp3) is 0.733. The molecule has 1 unspecified atom stereocenters. The number of nitriles is 1. The van der Waals surface area contributed by atoms with Crippen LogP contribution in [0.2, 0.25) is 0 Å². The Morgan fingerprint density at radius 2 is 2.00 bits per heavy atom. The van der Waals surface area contributed by atoms with Crippen molar-refractivity contribution in [2.45, 2.75) is 31.3 Å². The number of likely N-dealkylation sites (tertiary alicyclic amines) is 1. The second-order valence-electron chi connectivity index (χ2n) is 6.39. The molecule has 2 heterocycles. The number of sulfone groups is 1. The Morgan fingerprint density at radius 3 is 2.52 bits per heavy atom. The molecule has 0 spiro atoms. The van der Waals surface area contributed by atoms with Gasteiger partial charge < -0.3 is 15.1 Å². The van der Waals surface area contributed by atoms with Crippen molar-refractivity contribution in [3.8, 4) is 6.07 Å². The van der Waals surface area contributed by atoms with Crippen LogP contribution >= 0.6 is 0 Å². The number of hydrogen-bond donors (Lipinski definition) is 1. The van der Waals surface area contributed by atoms with E-state index in [0.717, 1.165) is 25.9 Å². The molecule has 1 N–H and O–H groups in total. The van der Waals surface area contributed by atoms with Crippen LogP contribution in [0.15, 0.2) is 11.8 Å². The van der Waals surface area contributed by atoms with Crippen molar-refractivity contribution in [1.29, 1.82) is 5.26 Å². The lowest BCUT2D eigenvalue weighted by atomic mass is 10.0. The predicted molar refractivity (Wildman–Crippen MR) is 87.2 cm³/mol. The summed E-state index contributed by atoms with van der Waals surface area (Å²) in [5, 5.41) is 12.1. The highest BCUT2D eigenvalue weighted by atomic mass is 32.2. The van der Waals surface area contributed by atoms with Crippen LogP contribution in [0.25, 0.3) is 0 Å². The van der Waals surface area contributed by atoms with Crippen molar-refractivity contribution >= 4 is 15.7 Å². The van der Waals surface area contributed by atoms with Crippen molar-refractivity contribution in [2.75, 3.05) is 38.7 Å². The van der Waals surface area contributed by atoms with Crippen molar-refractivity contribution in [3.05, 3.63) is 11.8 Å². The minimum absolute atomic E-state index is 0.0238. The maximum Gasteiger partial charge on any atom is 0.265 e. The topological polar surface area (TPSA) is 93.5 Å². The van der Waals surface area contributed by atoms with Gasteiger partial charge in [0.25, 0.3) is 5.91 Å². The minimum Gasteiger partial charge on any atom is -0.386 e. The molecule has 2 rings (SSSR count). The van der Waals surface area contributed by atoms with E-state index in [1.165, 1.54) is 6.20 Å². The quantitative estimate of drug-likeness (QED) is 0.559. The zero-order valence-electron chi connectivity index (χ0n) is 13.7. The van der Waals surface area contributed by atoms with E-state index >= 15 is 0 Å². The Labute approximate surface area is 137 Å². The van der Waals surface area contributed by atoms with Gasteiger partial charge in [-0.1, -0.05) is 0 Å². The Hall–Kier alpha value is -1.59. The summed E-state index contributed by atoms with van der Waals surface area (Å²) >= 11 is 0. The summed E-state index contributed by atoms with van der Waals surface area (Å²) in [6.45, 7) is 1.87. The fourth-order valence-electron chi connectivity index (χ4n) is 3.01. The van der Waals surface area contributed by atoms with Crippen LogP contribution in [-0.2, 0) is 14.6 Å². The summed E-state index contributed by atoms with van der Waals surface area (Å²) in [7, 11) is 0.796. The fourth-order valence-corrected chi connectivity index (χ4v) is 4.69. The first-order valence-electron chi connectivity index (χ1n) is 7.85. The third-order valence-corrected chi connectivity index (χ3v) is 6.37. The van der Waals surface area contributed by atoms with E-state index in [2.05, 4.69) is 17.3 Å². The van der Waals surface area contributed by atoms with Gasteiger partial charge in [0.1, 0.15) is 11.6 Å². The average Bonchev–Trinajstić information content (AvgIpc) is 2.87. The van der Waals surface area contributed by atoms with E-state index in [1.807, 2.05) is 6.07 Å². The van der Waals surface area contributed by atoms with E-state index in [9.17, 15) is 18.5 Å². The van der Waals surface area contributed by atoms with Gasteiger partial charge in [0.15, 0.2) is 9.84 Å². The van der Waals surface area contributed by atoms with Gasteiger partial charge in [-0.3, -0.25) is 4.79 Å². The summed E-state index contributed by atoms with van der Waals surface area (Å²) < 4.78 is 22.9. The van der Waals surface area contributed by atoms with Gasteiger partial charge in [0.2, 0.25) is 0 Å². The van der Waals surface area contributed by atoms with E-state index in [1.54, 1.807) is 11.9 Å². The predicted octanol–water partition coefficient (Wildman–Crippen LogP) is -0.277. The smallest absolute Gasteiger partial charge is 0.265 e. The van der Waals surface area contributed by atoms with Crippen molar-refractivity contribution < 1.29 is 13.2 Å². The molecule has 23 heavy (non-hydrogen) atoms. The average molecular weight is 340 g/mol. The molecule has 1 atom stereocenters. The van der Waals surface area contributed by atoms with Gasteiger partial charge in [-0.05, 0) is 39.4 Å². The van der Waals surface area contributed by atoms with Gasteiger partial charge in [-0.15, -0.1) is 0 Å². The molecule has 0 aromatic carbocycles. The lowest BCUT2D eigenvalue weighted by Gasteiger charge is -2.35. The van der Waals surface area contributed by atoms with E-state index in [0.29, 0.717) is 6.42 Å². The lowest BCUT2D eigenvalue weighted by Crippen LogP contribution is -2.45. The molecule has 0 bridgehead atoms. The molecule has 0 aliphatic carbocycles. The third-order valence-electron chi connectivity index (χ3n) is 4.60. The van der Waals surface area contributed by atoms with Crippen molar-refractivity contribution in [3.63, 3.8) is 0 Å². The summed E-state index contributed by atoms with van der Waals surface area (Å²) in [5.41, 5.74) is 0.0238. The SMILES string of the molecule is CN1CCC(N(C)C(=O)/C(C#N)=C\NC2CCS(=O)(=O)C2)CC1. The molecule has 2 aliphatic rings. The summed E-state index contributed by atoms with van der Waals surface area (Å²) in [6, 6.07) is 1.85. The molecule has 1 amide bonds. The Bertz CT molecular complexity index is 615. The monoisotopic (exact) mass is 340 g/mol. The molecule has 128 valence electrons. The lowest BCUT2D eigenvalue weighted by molar-refractivity contribution is -0.128. The largest absolute Gasteiger partial charge is 0.386 e. The number of hydrogen-bond acceptors (Lipinski definition) is 6. The molecule has 0 aromatic heterocycles. The van der Waals surface area contributed by atoms with Gasteiger partial charge in [-0.25, -0.2) is 8.42 Å². The number of rotatable bonds is 4. The highest BCUT2D eigenvalue weighted by Gasteiger charge is 2.28. The molecule has 2 fully saturated rings. The van der Waals surface area contributed by atoms with Crippen LogP contribution in [0.3, 0.4) is 0 Å². The van der Waals surface area contributed by atoms with Crippen molar-refractivity contribution in [1.82, 2.24) is 15.1 Å². The summed E-state index contributed by atoms with van der Waals surface area (Å²) in [5.74, 6) is -0.0965. The Balaban J connectivity index is 1.95. The highest BCUT2D eigenvalue weighted by Crippen LogP contribution is 2.16. The van der Waals surface area contributed by atoms with Crippen LogP contribution < -0.4 is 5.32 Å². The Kier molecular flexibility index (Phi) is 5.65. The normalized spacial score (nSPS) is 25.8. The van der Waals surface area contributed by atoms with Crippen LogP contribution in [0.4, 0.5) is 0 Å². The van der Waals surface area contributed by atoms with E-state index in [-0.39, 0.29) is 35.1 Å². The number of likely N-dealkylation sites (N-methyl/N-ethyl adjacent to an activating group) is 1. The van der Waals surface area contributed by atoms with Gasteiger partial charge >= 0.3 is 0 Å². The first-order valence-corrected chi connectivity index (χ1v) is 9.67. The standard InChI is InChI=1S/C15H24N4O3S/c1-18-6-3-14(4-7-18)19(2)15(20)12(9-16)10-17-13-5-8-23(21,22)11-13/h10,13-14,17H,3-8,11H2,1-2H3/b12-10-. The second-order valence-corrected chi connectivity index (χ2v) is 8.62. The molecule has 0 aromatic rings. The van der Waals surface area contributed by atoms with Crippen LogP contribution in [0.5, 0.6) is 0 Å². The Morgan fingerprint density at radius 1 is 1.35 bits per heavy atom. The second kappa shape index (κ2) is 7.32. The molecule has 8 heteroatoms. The van der Waals surface area contributed by atoms with Crippen LogP contribution in [-0.4, -0.2) is 74.9 Å². The number of carbonyl (C=O) groups excluding carboxylic acids is 1. The molecule has 0 radical (unpaired) electrons. The first-order chi connectivity index (χ1) is 10.8. The molecular formula is C15H24N4O3S. The van der Waals surface area contributed by atoms with Crippen LogP contribution in [0.1, 0.15) is 19.3 Å². The first kappa shape index (κ1) is 17.8. The van der Waals surface area contributed by atoms with Crippen LogP contribution in [0, 0.1) is 11.3 Å². The number of amides is 1. The maximum atomic E-state index is 12.5. The molecule has 2 saturated heterocycles. The van der Waals surface area contributed by atoms with Gasteiger partial charge in [-0.2, -0.15) is 5.26 Å². The molecule has 7 nitrogen and oxygen atoms in total. The number of nitrogens with zero attached hydrogens (tertiary/aromatic N) is 3. The minimum atomic E-state index is -2.98. The van der Waals surface area contributed by atoms with E-state index < -0.39 is 9.84 Å². The number of nitrogens with one attached hydrogen (secondary N) is 1. The summed E-state index contributed by atoms with van der Waals surface area (Å²) in [6.07, 6.45) is 3.67. The third kappa shape index (κ3) is 4.69. The van der Waals surface area contributed by atoms with Crippen molar-refractivity contribution in [2.24, 2.45) is 0 Å². The molecule has 0 saturated carbocycles. The number of carbonyl (C=O) groups is 1. The van der Waals surface area contributed by atoms with Gasteiger partial charge in [0, 0.05) is 25.3 Å². The number of piperidine rings is 1. The zero-order chi connectivity index (χ0) is 17.0. The van der Waals surface area contributed by atoms with Gasteiger partial charge in [0.05, 0.1) is 11.5 Å². The maximum absolute atomic E-state index is 12.5. The molecular weight excluding hydrogens is 316 g/mol. The van der Waals surface area contributed by atoms with E-state index in [4.69, 9.17) is 0 Å². The summed E-state index contributed by atoms with van der Waals surface area (Å²) in [4.78, 5) is 16.3. The highest BCUT2D eigenvalue weighted by molar-refractivity contribution is 7.91. The zero-order valence-corrected chi connectivity index (χ0v) is 14.5.